The summed E-state index contributed by atoms with van der Waals surface area (Å²) in [5.41, 5.74) is 0.341. The molecule has 2 aliphatic rings. The number of carbonyl (C=O) groups excluding carboxylic acids is 2. The van der Waals surface area contributed by atoms with Gasteiger partial charge in [-0.25, -0.2) is 4.39 Å². The van der Waals surface area contributed by atoms with Crippen LogP contribution in [-0.4, -0.2) is 23.9 Å². The van der Waals surface area contributed by atoms with E-state index < -0.39 is 5.82 Å². The number of hydrogen-bond acceptors (Lipinski definition) is 2. The highest BCUT2D eigenvalue weighted by atomic mass is 19.1. The Labute approximate surface area is 142 Å². The average Bonchev–Trinajstić information content (AvgIpc) is 2.54. The van der Waals surface area contributed by atoms with Crippen molar-refractivity contribution in [1.29, 1.82) is 0 Å². The Kier molecular flexibility index (Phi) is 5.17. The van der Waals surface area contributed by atoms with Crippen LogP contribution in [0.3, 0.4) is 0 Å². The van der Waals surface area contributed by atoms with E-state index in [1.54, 1.807) is 6.07 Å². The monoisotopic (exact) mass is 332 g/mol. The standard InChI is InChI=1S/C19H25FN2O2/c1-2-4-12-10-18(23)22-17-11-15(7-8-16(12)17)21-19(24)13-5-3-6-14(20)9-13/h3,5-6,9,12,15-17H,2,4,7-8,10-11H2,1H3,(H,21,24)(H,22,23). The van der Waals surface area contributed by atoms with E-state index in [2.05, 4.69) is 17.6 Å². The van der Waals surface area contributed by atoms with Crippen LogP contribution < -0.4 is 10.6 Å². The van der Waals surface area contributed by atoms with E-state index in [1.807, 2.05) is 0 Å². The molecule has 0 bridgehead atoms. The molecule has 0 radical (unpaired) electrons. The molecule has 5 heteroatoms. The number of hydrogen-bond donors (Lipinski definition) is 2. The summed E-state index contributed by atoms with van der Waals surface area (Å²) in [5, 5.41) is 6.11. The first-order valence-electron chi connectivity index (χ1n) is 8.92. The molecule has 3 rings (SSSR count). The molecule has 24 heavy (non-hydrogen) atoms. The molecule has 1 aromatic carbocycles. The largest absolute Gasteiger partial charge is 0.353 e. The maximum Gasteiger partial charge on any atom is 0.251 e. The van der Waals surface area contributed by atoms with Gasteiger partial charge in [-0.15, -0.1) is 0 Å². The highest BCUT2D eigenvalue weighted by Crippen LogP contribution is 2.37. The van der Waals surface area contributed by atoms with E-state index in [0.717, 1.165) is 32.1 Å². The SMILES string of the molecule is CCCC1CC(=O)NC2CC(NC(=O)c3cccc(F)c3)CCC12. The lowest BCUT2D eigenvalue weighted by Crippen LogP contribution is -2.55. The summed E-state index contributed by atoms with van der Waals surface area (Å²) in [7, 11) is 0. The second-order valence-corrected chi connectivity index (χ2v) is 7.08. The maximum absolute atomic E-state index is 13.3. The van der Waals surface area contributed by atoms with Crippen LogP contribution in [0, 0.1) is 17.7 Å². The first kappa shape index (κ1) is 16.9. The molecule has 4 nitrogen and oxygen atoms in total. The van der Waals surface area contributed by atoms with E-state index >= 15 is 0 Å². The van der Waals surface area contributed by atoms with E-state index in [0.29, 0.717) is 23.8 Å². The molecule has 1 aromatic rings. The van der Waals surface area contributed by atoms with Gasteiger partial charge in [0.25, 0.3) is 5.91 Å². The van der Waals surface area contributed by atoms with Crippen molar-refractivity contribution >= 4 is 11.8 Å². The minimum Gasteiger partial charge on any atom is -0.353 e. The third-order valence-electron chi connectivity index (χ3n) is 5.38. The normalized spacial score (nSPS) is 29.5. The Morgan fingerprint density at radius 3 is 2.96 bits per heavy atom. The highest BCUT2D eigenvalue weighted by molar-refractivity contribution is 5.94. The van der Waals surface area contributed by atoms with Crippen molar-refractivity contribution in [2.24, 2.45) is 11.8 Å². The van der Waals surface area contributed by atoms with Crippen LogP contribution in [0.1, 0.15) is 55.8 Å². The van der Waals surface area contributed by atoms with Gasteiger partial charge in [0, 0.05) is 24.1 Å². The van der Waals surface area contributed by atoms with E-state index in [1.165, 1.54) is 18.2 Å². The second-order valence-electron chi connectivity index (χ2n) is 7.08. The van der Waals surface area contributed by atoms with Gasteiger partial charge in [-0.2, -0.15) is 0 Å². The Bertz CT molecular complexity index is 619. The molecule has 1 aliphatic heterocycles. The minimum atomic E-state index is -0.409. The van der Waals surface area contributed by atoms with Crippen molar-refractivity contribution in [3.63, 3.8) is 0 Å². The lowest BCUT2D eigenvalue weighted by Gasteiger charge is -2.44. The molecule has 130 valence electrons. The van der Waals surface area contributed by atoms with Crippen molar-refractivity contribution in [3.8, 4) is 0 Å². The fourth-order valence-electron chi connectivity index (χ4n) is 4.30. The third kappa shape index (κ3) is 3.77. The number of piperidine rings is 1. The topological polar surface area (TPSA) is 58.2 Å². The highest BCUT2D eigenvalue weighted by Gasteiger charge is 2.40. The van der Waals surface area contributed by atoms with Gasteiger partial charge in [-0.05, 0) is 55.7 Å². The maximum atomic E-state index is 13.3. The summed E-state index contributed by atoms with van der Waals surface area (Å²) in [6.07, 6.45) is 5.52. The predicted octanol–water partition coefficient (Wildman–Crippen LogP) is 3.03. The lowest BCUT2D eigenvalue weighted by molar-refractivity contribution is -0.127. The van der Waals surface area contributed by atoms with Gasteiger partial charge in [0.2, 0.25) is 5.91 Å². The summed E-state index contributed by atoms with van der Waals surface area (Å²) < 4.78 is 13.3. The van der Waals surface area contributed by atoms with E-state index in [-0.39, 0.29) is 23.9 Å². The van der Waals surface area contributed by atoms with Crippen molar-refractivity contribution in [1.82, 2.24) is 10.6 Å². The number of halogens is 1. The van der Waals surface area contributed by atoms with Crippen LogP contribution >= 0.6 is 0 Å². The van der Waals surface area contributed by atoms with Crippen molar-refractivity contribution in [2.75, 3.05) is 0 Å². The summed E-state index contributed by atoms with van der Waals surface area (Å²) in [5.74, 6) is 0.462. The van der Waals surface area contributed by atoms with Crippen molar-refractivity contribution in [2.45, 2.75) is 57.5 Å². The van der Waals surface area contributed by atoms with Crippen LogP contribution in [-0.2, 0) is 4.79 Å². The summed E-state index contributed by atoms with van der Waals surface area (Å²) >= 11 is 0. The number of benzene rings is 1. The smallest absolute Gasteiger partial charge is 0.251 e. The second kappa shape index (κ2) is 7.32. The predicted molar refractivity (Wildman–Crippen MR) is 89.9 cm³/mol. The van der Waals surface area contributed by atoms with Crippen LogP contribution in [0.15, 0.2) is 24.3 Å². The van der Waals surface area contributed by atoms with Gasteiger partial charge in [-0.1, -0.05) is 19.4 Å². The van der Waals surface area contributed by atoms with Gasteiger partial charge in [0.15, 0.2) is 0 Å². The van der Waals surface area contributed by atoms with Crippen LogP contribution in [0.5, 0.6) is 0 Å². The quantitative estimate of drug-likeness (QED) is 0.890. The van der Waals surface area contributed by atoms with E-state index in [9.17, 15) is 14.0 Å². The molecule has 1 saturated carbocycles. The molecule has 1 heterocycles. The van der Waals surface area contributed by atoms with Gasteiger partial charge in [0.1, 0.15) is 5.82 Å². The number of nitrogens with one attached hydrogen (secondary N) is 2. The fraction of sp³-hybridized carbons (Fsp3) is 0.579. The zero-order chi connectivity index (χ0) is 17.1. The zero-order valence-electron chi connectivity index (χ0n) is 14.1. The molecular weight excluding hydrogens is 307 g/mol. The molecular formula is C19H25FN2O2. The number of rotatable bonds is 4. The zero-order valence-corrected chi connectivity index (χ0v) is 14.1. The van der Waals surface area contributed by atoms with Gasteiger partial charge < -0.3 is 10.6 Å². The van der Waals surface area contributed by atoms with Crippen molar-refractivity contribution in [3.05, 3.63) is 35.6 Å². The third-order valence-corrected chi connectivity index (χ3v) is 5.38. The first-order chi connectivity index (χ1) is 11.6. The van der Waals surface area contributed by atoms with Crippen LogP contribution in [0.4, 0.5) is 4.39 Å². The Balaban J connectivity index is 1.62. The Hall–Kier alpha value is -1.91. The van der Waals surface area contributed by atoms with Crippen molar-refractivity contribution < 1.29 is 14.0 Å². The summed E-state index contributed by atoms with van der Waals surface area (Å²) in [6.45, 7) is 2.16. The average molecular weight is 332 g/mol. The summed E-state index contributed by atoms with van der Waals surface area (Å²) in [6, 6.07) is 5.91. The summed E-state index contributed by atoms with van der Waals surface area (Å²) in [4.78, 5) is 24.2. The molecule has 2 N–H and O–H groups in total. The number of amides is 2. The first-order valence-corrected chi connectivity index (χ1v) is 8.92. The van der Waals surface area contributed by atoms with Crippen LogP contribution in [0.25, 0.3) is 0 Å². The minimum absolute atomic E-state index is 0.0303. The fourth-order valence-corrected chi connectivity index (χ4v) is 4.30. The molecule has 2 amide bonds. The lowest BCUT2D eigenvalue weighted by atomic mass is 9.70. The molecule has 0 spiro atoms. The van der Waals surface area contributed by atoms with Gasteiger partial charge in [-0.3, -0.25) is 9.59 Å². The molecule has 4 atom stereocenters. The van der Waals surface area contributed by atoms with Gasteiger partial charge in [0.05, 0.1) is 0 Å². The Morgan fingerprint density at radius 1 is 1.38 bits per heavy atom. The number of carbonyl (C=O) groups is 2. The molecule has 2 fully saturated rings. The molecule has 1 aliphatic carbocycles. The van der Waals surface area contributed by atoms with Crippen LogP contribution in [0.2, 0.25) is 0 Å². The Morgan fingerprint density at radius 2 is 2.21 bits per heavy atom. The molecule has 0 aromatic heterocycles. The van der Waals surface area contributed by atoms with E-state index in [4.69, 9.17) is 0 Å². The molecule has 4 unspecified atom stereocenters. The van der Waals surface area contributed by atoms with Gasteiger partial charge >= 0.3 is 0 Å². The molecule has 1 saturated heterocycles. The number of fused-ring (bicyclic) bond motifs is 1.